The number of aromatic nitrogens is 3. The fraction of sp³-hybridized carbons (Fsp3) is 0.182. The molecule has 0 amide bonds. The maximum atomic E-state index is 9.23. The minimum absolute atomic E-state index is 0.0464. The second kappa shape index (κ2) is 7.21. The van der Waals surface area contributed by atoms with E-state index in [0.717, 1.165) is 33.7 Å². The van der Waals surface area contributed by atoms with E-state index in [0.29, 0.717) is 0 Å². The Morgan fingerprint density at radius 1 is 1.04 bits per heavy atom. The van der Waals surface area contributed by atoms with Gasteiger partial charge in [-0.2, -0.15) is 0 Å². The highest BCUT2D eigenvalue weighted by molar-refractivity contribution is 5.92. The van der Waals surface area contributed by atoms with E-state index in [-0.39, 0.29) is 12.6 Å². The smallest absolute Gasteiger partial charge is 0.143 e. The number of rotatable bonds is 5. The summed E-state index contributed by atoms with van der Waals surface area (Å²) < 4.78 is 0. The molecule has 136 valence electrons. The van der Waals surface area contributed by atoms with Crippen molar-refractivity contribution < 1.29 is 5.11 Å². The molecule has 2 aromatic heterocycles. The van der Waals surface area contributed by atoms with Gasteiger partial charge in [0.05, 0.1) is 18.0 Å². The van der Waals surface area contributed by atoms with Crippen LogP contribution in [0, 0.1) is 0 Å². The topological polar surface area (TPSA) is 65.0 Å². The zero-order chi connectivity index (χ0) is 18.8. The van der Waals surface area contributed by atoms with Gasteiger partial charge >= 0.3 is 0 Å². The van der Waals surface area contributed by atoms with Gasteiger partial charge in [0.2, 0.25) is 0 Å². The lowest BCUT2D eigenvalue weighted by molar-refractivity contribution is 0.282. The van der Waals surface area contributed by atoms with E-state index in [9.17, 15) is 5.11 Å². The van der Waals surface area contributed by atoms with Gasteiger partial charge in [-0.3, -0.25) is 0 Å². The molecule has 0 saturated carbocycles. The summed E-state index contributed by atoms with van der Waals surface area (Å²) in [6.45, 7) is 2.22. The van der Waals surface area contributed by atoms with E-state index in [1.54, 1.807) is 6.33 Å². The van der Waals surface area contributed by atoms with Crippen molar-refractivity contribution in [3.8, 4) is 11.3 Å². The number of hydrogen-bond donors (Lipinski definition) is 2. The summed E-state index contributed by atoms with van der Waals surface area (Å²) in [5.74, 6) is 0.894. The van der Waals surface area contributed by atoms with Crippen molar-refractivity contribution in [3.05, 3.63) is 78.1 Å². The normalized spacial score (nSPS) is 12.3. The SMILES string of the molecule is C[C@H](c1ccccc1)N(C)c1ncnc2[nH]c(-c3ccc(CO)cc3)cc12. The Balaban J connectivity index is 1.72. The Labute approximate surface area is 158 Å². The van der Waals surface area contributed by atoms with E-state index in [1.807, 2.05) is 30.3 Å². The van der Waals surface area contributed by atoms with Crippen LogP contribution < -0.4 is 4.90 Å². The summed E-state index contributed by atoms with van der Waals surface area (Å²) in [5.41, 5.74) is 4.98. The van der Waals surface area contributed by atoms with Crippen LogP contribution in [0.4, 0.5) is 5.82 Å². The van der Waals surface area contributed by atoms with Gasteiger partial charge in [0.25, 0.3) is 0 Å². The molecule has 0 aliphatic rings. The fourth-order valence-electron chi connectivity index (χ4n) is 3.29. The molecule has 2 aromatic carbocycles. The van der Waals surface area contributed by atoms with Crippen LogP contribution in [0.2, 0.25) is 0 Å². The Hall–Kier alpha value is -3.18. The molecule has 4 rings (SSSR count). The predicted octanol–water partition coefficient (Wildman–Crippen LogP) is 4.31. The molecular weight excluding hydrogens is 336 g/mol. The third-order valence-corrected chi connectivity index (χ3v) is 5.05. The lowest BCUT2D eigenvalue weighted by Gasteiger charge is -2.26. The molecule has 0 aliphatic carbocycles. The van der Waals surface area contributed by atoms with Crippen LogP contribution in [-0.2, 0) is 6.61 Å². The highest BCUT2D eigenvalue weighted by Crippen LogP contribution is 2.32. The van der Waals surface area contributed by atoms with E-state index < -0.39 is 0 Å². The Bertz CT molecular complexity index is 1040. The Morgan fingerprint density at radius 2 is 1.78 bits per heavy atom. The zero-order valence-corrected chi connectivity index (χ0v) is 15.4. The Kier molecular flexibility index (Phi) is 4.60. The standard InChI is InChI=1S/C22H22N4O/c1-15(17-6-4-3-5-7-17)26(2)22-19-12-20(25-21(19)23-14-24-22)18-10-8-16(13-27)9-11-18/h3-12,14-15,27H,13H2,1-2H3,(H,23,24,25)/t15-/m1/s1. The number of nitrogens with one attached hydrogen (secondary N) is 1. The van der Waals surface area contributed by atoms with Gasteiger partial charge in [-0.25, -0.2) is 9.97 Å². The molecule has 0 spiro atoms. The highest BCUT2D eigenvalue weighted by atomic mass is 16.3. The third kappa shape index (κ3) is 3.29. The number of nitrogens with zero attached hydrogens (tertiary/aromatic N) is 3. The van der Waals surface area contributed by atoms with E-state index in [1.165, 1.54) is 5.56 Å². The zero-order valence-electron chi connectivity index (χ0n) is 15.4. The summed E-state index contributed by atoms with van der Waals surface area (Å²) in [6, 6.07) is 20.5. The van der Waals surface area contributed by atoms with Crippen molar-refractivity contribution in [3.63, 3.8) is 0 Å². The molecule has 0 bridgehead atoms. The van der Waals surface area contributed by atoms with Gasteiger partial charge in [0.15, 0.2) is 0 Å². The number of aliphatic hydroxyl groups excluding tert-OH is 1. The highest BCUT2D eigenvalue weighted by Gasteiger charge is 2.17. The number of anilines is 1. The molecule has 0 radical (unpaired) electrons. The molecule has 5 nitrogen and oxygen atoms in total. The molecular formula is C22H22N4O. The Morgan fingerprint density at radius 3 is 2.48 bits per heavy atom. The van der Waals surface area contributed by atoms with Crippen molar-refractivity contribution in [2.24, 2.45) is 0 Å². The van der Waals surface area contributed by atoms with Crippen LogP contribution in [0.1, 0.15) is 24.1 Å². The van der Waals surface area contributed by atoms with Crippen molar-refractivity contribution in [2.75, 3.05) is 11.9 Å². The van der Waals surface area contributed by atoms with Gasteiger partial charge in [-0.15, -0.1) is 0 Å². The van der Waals surface area contributed by atoms with Gasteiger partial charge in [-0.1, -0.05) is 54.6 Å². The summed E-state index contributed by atoms with van der Waals surface area (Å²) in [5, 5.41) is 10.2. The molecule has 4 aromatic rings. The average molecular weight is 358 g/mol. The molecule has 5 heteroatoms. The van der Waals surface area contributed by atoms with Crippen molar-refractivity contribution >= 4 is 16.9 Å². The van der Waals surface area contributed by atoms with Crippen molar-refractivity contribution in [1.29, 1.82) is 0 Å². The first-order valence-corrected chi connectivity index (χ1v) is 8.99. The van der Waals surface area contributed by atoms with Crippen molar-refractivity contribution in [1.82, 2.24) is 15.0 Å². The number of aromatic amines is 1. The quantitative estimate of drug-likeness (QED) is 0.558. The first-order chi connectivity index (χ1) is 13.2. The third-order valence-electron chi connectivity index (χ3n) is 5.05. The first kappa shape index (κ1) is 17.2. The van der Waals surface area contributed by atoms with E-state index in [4.69, 9.17) is 0 Å². The van der Waals surface area contributed by atoms with Crippen LogP contribution in [0.25, 0.3) is 22.3 Å². The first-order valence-electron chi connectivity index (χ1n) is 8.99. The summed E-state index contributed by atoms with van der Waals surface area (Å²) >= 11 is 0. The minimum Gasteiger partial charge on any atom is -0.392 e. The van der Waals surface area contributed by atoms with Crippen LogP contribution in [0.5, 0.6) is 0 Å². The minimum atomic E-state index is 0.0464. The van der Waals surface area contributed by atoms with Crippen LogP contribution >= 0.6 is 0 Å². The summed E-state index contributed by atoms with van der Waals surface area (Å²) in [7, 11) is 2.06. The second-order valence-electron chi connectivity index (χ2n) is 6.70. The van der Waals surface area contributed by atoms with Crippen LogP contribution in [-0.4, -0.2) is 27.1 Å². The lowest BCUT2D eigenvalue weighted by atomic mass is 10.1. The van der Waals surface area contributed by atoms with Gasteiger partial charge < -0.3 is 15.0 Å². The molecule has 27 heavy (non-hydrogen) atoms. The molecule has 0 aliphatic heterocycles. The molecule has 0 unspecified atom stereocenters. The number of hydrogen-bond acceptors (Lipinski definition) is 4. The molecule has 2 heterocycles. The predicted molar refractivity (Wildman–Crippen MR) is 109 cm³/mol. The van der Waals surface area contributed by atoms with Crippen molar-refractivity contribution in [2.45, 2.75) is 19.6 Å². The number of benzene rings is 2. The monoisotopic (exact) mass is 358 g/mol. The van der Waals surface area contributed by atoms with Gasteiger partial charge in [-0.05, 0) is 29.7 Å². The second-order valence-corrected chi connectivity index (χ2v) is 6.70. The molecule has 0 fully saturated rings. The lowest BCUT2D eigenvalue weighted by Crippen LogP contribution is -2.22. The number of fused-ring (bicyclic) bond motifs is 1. The van der Waals surface area contributed by atoms with Gasteiger partial charge in [0.1, 0.15) is 17.8 Å². The average Bonchev–Trinajstić information content (AvgIpc) is 3.18. The maximum absolute atomic E-state index is 9.23. The summed E-state index contributed by atoms with van der Waals surface area (Å²) in [6.07, 6.45) is 1.60. The van der Waals surface area contributed by atoms with E-state index >= 15 is 0 Å². The largest absolute Gasteiger partial charge is 0.392 e. The van der Waals surface area contributed by atoms with Crippen LogP contribution in [0.15, 0.2) is 67.0 Å². The maximum Gasteiger partial charge on any atom is 0.143 e. The van der Waals surface area contributed by atoms with Gasteiger partial charge in [0, 0.05) is 12.7 Å². The molecule has 1 atom stereocenters. The number of H-pyrrole nitrogens is 1. The molecule has 2 N–H and O–H groups in total. The fourth-order valence-corrected chi connectivity index (χ4v) is 3.29. The van der Waals surface area contributed by atoms with E-state index in [2.05, 4.69) is 64.2 Å². The molecule has 0 saturated heterocycles. The summed E-state index contributed by atoms with van der Waals surface area (Å²) in [4.78, 5) is 14.5. The number of aliphatic hydroxyl groups is 1. The van der Waals surface area contributed by atoms with Crippen LogP contribution in [0.3, 0.4) is 0 Å².